The van der Waals surface area contributed by atoms with Crippen LogP contribution in [0.1, 0.15) is 29.9 Å². The number of ether oxygens (including phenoxy) is 1. The van der Waals surface area contributed by atoms with Crippen LogP contribution in [0.15, 0.2) is 24.3 Å². The molecule has 4 nitrogen and oxygen atoms in total. The molecule has 23 heavy (non-hydrogen) atoms. The van der Waals surface area contributed by atoms with Crippen LogP contribution in [0.5, 0.6) is 0 Å². The maximum absolute atomic E-state index is 12.7. The van der Waals surface area contributed by atoms with Gasteiger partial charge >= 0.3 is 12.1 Å². The van der Waals surface area contributed by atoms with Gasteiger partial charge in [0.2, 0.25) is 5.91 Å². The number of halogens is 3. The van der Waals surface area contributed by atoms with Gasteiger partial charge < -0.3 is 9.64 Å². The molecule has 0 radical (unpaired) electrons. The van der Waals surface area contributed by atoms with Crippen molar-refractivity contribution in [2.24, 2.45) is 5.92 Å². The minimum absolute atomic E-state index is 0.0122. The second kappa shape index (κ2) is 6.60. The van der Waals surface area contributed by atoms with E-state index in [2.05, 4.69) is 0 Å². The van der Waals surface area contributed by atoms with Gasteiger partial charge in [-0.25, -0.2) is 0 Å². The second-order valence-corrected chi connectivity index (χ2v) is 5.78. The molecule has 2 rings (SSSR count). The van der Waals surface area contributed by atoms with Crippen LogP contribution in [-0.4, -0.2) is 37.5 Å². The topological polar surface area (TPSA) is 46.6 Å². The van der Waals surface area contributed by atoms with Crippen molar-refractivity contribution in [3.8, 4) is 0 Å². The smallest absolute Gasteiger partial charge is 0.416 e. The molecule has 0 saturated heterocycles. The van der Waals surface area contributed by atoms with Crippen molar-refractivity contribution in [1.82, 2.24) is 4.90 Å². The Morgan fingerprint density at radius 2 is 2.00 bits per heavy atom. The highest BCUT2D eigenvalue weighted by atomic mass is 19.4. The summed E-state index contributed by atoms with van der Waals surface area (Å²) in [6.07, 6.45) is -3.82. The Balaban J connectivity index is 1.87. The van der Waals surface area contributed by atoms with E-state index in [4.69, 9.17) is 4.74 Å². The van der Waals surface area contributed by atoms with Gasteiger partial charge in [-0.05, 0) is 24.0 Å². The van der Waals surface area contributed by atoms with Gasteiger partial charge in [0.05, 0.1) is 17.9 Å². The lowest BCUT2D eigenvalue weighted by Gasteiger charge is -2.10. The van der Waals surface area contributed by atoms with E-state index in [1.165, 1.54) is 11.0 Å². The number of carbonyl (C=O) groups excluding carboxylic acids is 2. The van der Waals surface area contributed by atoms with E-state index in [1.807, 2.05) is 0 Å². The number of alkyl halides is 3. The van der Waals surface area contributed by atoms with Gasteiger partial charge in [0.15, 0.2) is 0 Å². The van der Waals surface area contributed by atoms with Crippen molar-refractivity contribution in [1.29, 1.82) is 0 Å². The van der Waals surface area contributed by atoms with E-state index in [0.29, 0.717) is 12.0 Å². The van der Waals surface area contributed by atoms with Crippen molar-refractivity contribution in [2.75, 3.05) is 20.7 Å². The Bertz CT molecular complexity index is 598. The fraction of sp³-hybridized carbons (Fsp3) is 0.500. The zero-order valence-corrected chi connectivity index (χ0v) is 12.9. The molecular weight excluding hydrogens is 311 g/mol. The molecule has 0 bridgehead atoms. The third-order valence-corrected chi connectivity index (χ3v) is 3.79. The zero-order chi connectivity index (χ0) is 17.2. The number of rotatable bonds is 5. The monoisotopic (exact) mass is 329 g/mol. The van der Waals surface area contributed by atoms with Gasteiger partial charge in [-0.3, -0.25) is 9.59 Å². The number of carbonyl (C=O) groups is 2. The van der Waals surface area contributed by atoms with Crippen molar-refractivity contribution < 1.29 is 27.5 Å². The molecule has 1 aromatic carbocycles. The van der Waals surface area contributed by atoms with E-state index >= 15 is 0 Å². The third kappa shape index (κ3) is 4.46. The Kier molecular flexibility index (Phi) is 4.97. The number of esters is 1. The number of benzene rings is 1. The molecule has 1 saturated carbocycles. The molecule has 0 aromatic heterocycles. The van der Waals surface area contributed by atoms with Gasteiger partial charge in [-0.1, -0.05) is 18.2 Å². The quantitative estimate of drug-likeness (QED) is 0.781. The van der Waals surface area contributed by atoms with Crippen LogP contribution in [0.4, 0.5) is 13.2 Å². The fourth-order valence-electron chi connectivity index (χ4n) is 2.34. The molecule has 7 heteroatoms. The van der Waals surface area contributed by atoms with Gasteiger partial charge in [0.25, 0.3) is 0 Å². The molecule has 0 N–H and O–H groups in total. The Morgan fingerprint density at radius 1 is 1.30 bits per heavy atom. The lowest BCUT2D eigenvalue weighted by molar-refractivity contribution is -0.146. The summed E-state index contributed by atoms with van der Waals surface area (Å²) < 4.78 is 43.1. The average molecular weight is 329 g/mol. The average Bonchev–Trinajstić information content (AvgIpc) is 3.26. The number of amides is 1. The summed E-state index contributed by atoms with van der Waals surface area (Å²) in [6, 6.07) is 5.01. The van der Waals surface area contributed by atoms with Crippen LogP contribution in [0.2, 0.25) is 0 Å². The van der Waals surface area contributed by atoms with E-state index in [-0.39, 0.29) is 24.9 Å². The van der Waals surface area contributed by atoms with Crippen LogP contribution in [0.25, 0.3) is 0 Å². The Hall–Kier alpha value is -2.05. The van der Waals surface area contributed by atoms with E-state index in [9.17, 15) is 22.8 Å². The number of nitrogens with zero attached hydrogens (tertiary/aromatic N) is 1. The van der Waals surface area contributed by atoms with Crippen LogP contribution >= 0.6 is 0 Å². The summed E-state index contributed by atoms with van der Waals surface area (Å²) in [6.45, 7) is -0.0122. The van der Waals surface area contributed by atoms with E-state index < -0.39 is 23.6 Å². The zero-order valence-electron chi connectivity index (χ0n) is 12.9. The molecule has 2 atom stereocenters. The van der Waals surface area contributed by atoms with E-state index in [0.717, 1.165) is 12.1 Å². The van der Waals surface area contributed by atoms with Crippen LogP contribution < -0.4 is 0 Å². The summed E-state index contributed by atoms with van der Waals surface area (Å²) in [5.41, 5.74) is -0.225. The van der Waals surface area contributed by atoms with Gasteiger partial charge in [0.1, 0.15) is 6.61 Å². The molecule has 0 aliphatic heterocycles. The van der Waals surface area contributed by atoms with Crippen molar-refractivity contribution in [3.05, 3.63) is 35.4 Å². The SMILES string of the molecule is CN(C)C(=O)CCOC(=O)C1CC1c1cccc(C(F)(F)F)c1. The first kappa shape index (κ1) is 17.3. The summed E-state index contributed by atoms with van der Waals surface area (Å²) in [5, 5.41) is 0. The highest BCUT2D eigenvalue weighted by Gasteiger charge is 2.45. The first-order chi connectivity index (χ1) is 10.7. The van der Waals surface area contributed by atoms with Gasteiger partial charge in [-0.15, -0.1) is 0 Å². The standard InChI is InChI=1S/C16H18F3NO3/c1-20(2)14(21)6-7-23-15(22)13-9-12(13)10-4-3-5-11(8-10)16(17,18)19/h3-5,8,12-13H,6-7,9H2,1-2H3. The molecule has 1 fully saturated rings. The molecule has 126 valence electrons. The molecule has 1 aliphatic rings. The minimum Gasteiger partial charge on any atom is -0.465 e. The lowest BCUT2D eigenvalue weighted by Crippen LogP contribution is -2.23. The second-order valence-electron chi connectivity index (χ2n) is 5.78. The summed E-state index contributed by atoms with van der Waals surface area (Å²) in [7, 11) is 3.21. The molecule has 1 aliphatic carbocycles. The third-order valence-electron chi connectivity index (χ3n) is 3.79. The lowest BCUT2D eigenvalue weighted by atomic mass is 10.1. The van der Waals surface area contributed by atoms with Crippen LogP contribution in [-0.2, 0) is 20.5 Å². The van der Waals surface area contributed by atoms with Crippen LogP contribution in [0.3, 0.4) is 0 Å². The summed E-state index contributed by atoms with van der Waals surface area (Å²) in [5.74, 6) is -1.27. The predicted molar refractivity (Wildman–Crippen MR) is 76.6 cm³/mol. The first-order valence-corrected chi connectivity index (χ1v) is 7.24. The maximum Gasteiger partial charge on any atom is 0.416 e. The molecule has 1 amide bonds. The predicted octanol–water partition coefficient (Wildman–Crippen LogP) is 2.83. The molecule has 1 aromatic rings. The Labute approximate surface area is 132 Å². The maximum atomic E-state index is 12.7. The minimum atomic E-state index is -4.40. The normalized spacial score (nSPS) is 20.0. The largest absolute Gasteiger partial charge is 0.465 e. The first-order valence-electron chi connectivity index (χ1n) is 7.24. The Morgan fingerprint density at radius 3 is 2.61 bits per heavy atom. The molecule has 0 spiro atoms. The van der Waals surface area contributed by atoms with Crippen molar-refractivity contribution >= 4 is 11.9 Å². The van der Waals surface area contributed by atoms with Crippen LogP contribution in [0, 0.1) is 5.92 Å². The molecule has 2 unspecified atom stereocenters. The number of hydrogen-bond donors (Lipinski definition) is 0. The fourth-order valence-corrected chi connectivity index (χ4v) is 2.34. The summed E-state index contributed by atoms with van der Waals surface area (Å²) in [4.78, 5) is 24.6. The molecular formula is C16H18F3NO3. The highest BCUT2D eigenvalue weighted by molar-refractivity contribution is 5.79. The number of hydrogen-bond acceptors (Lipinski definition) is 3. The van der Waals surface area contributed by atoms with Gasteiger partial charge in [-0.2, -0.15) is 13.2 Å². The highest BCUT2D eigenvalue weighted by Crippen LogP contribution is 2.49. The summed E-state index contributed by atoms with van der Waals surface area (Å²) >= 11 is 0. The van der Waals surface area contributed by atoms with Crippen molar-refractivity contribution in [3.63, 3.8) is 0 Å². The van der Waals surface area contributed by atoms with E-state index in [1.54, 1.807) is 20.2 Å². The van der Waals surface area contributed by atoms with Gasteiger partial charge in [0, 0.05) is 14.1 Å². The van der Waals surface area contributed by atoms with Crippen molar-refractivity contribution in [2.45, 2.75) is 24.9 Å². The molecule has 0 heterocycles.